The lowest BCUT2D eigenvalue weighted by molar-refractivity contribution is 0.487. The van der Waals surface area contributed by atoms with Gasteiger partial charge in [0.15, 0.2) is 5.11 Å². The molecule has 0 saturated carbocycles. The van der Waals surface area contributed by atoms with Crippen LogP contribution in [0.5, 0.6) is 0 Å². The van der Waals surface area contributed by atoms with Gasteiger partial charge in [-0.15, -0.1) is 0 Å². The molecule has 3 heteroatoms. The molecule has 2 nitrogen and oxygen atoms in total. The highest BCUT2D eigenvalue weighted by Gasteiger charge is 2.04. The zero-order chi connectivity index (χ0) is 12.7. The Morgan fingerprint density at radius 3 is 2.53 bits per heavy atom. The molecule has 0 amide bonds. The number of rotatable bonds is 5. The summed E-state index contributed by atoms with van der Waals surface area (Å²) in [6.07, 6.45) is 1.03. The quantitative estimate of drug-likeness (QED) is 0.809. The van der Waals surface area contributed by atoms with Crippen molar-refractivity contribution in [2.75, 3.05) is 20.1 Å². The maximum absolute atomic E-state index is 5.33. The fourth-order valence-electron chi connectivity index (χ4n) is 1.47. The number of benzene rings is 1. The van der Waals surface area contributed by atoms with E-state index in [2.05, 4.69) is 48.3 Å². The first-order valence-corrected chi connectivity index (χ1v) is 6.53. The summed E-state index contributed by atoms with van der Waals surface area (Å²) in [5.74, 6) is 0.621. The zero-order valence-electron chi connectivity index (χ0n) is 10.9. The third-order valence-electron chi connectivity index (χ3n) is 2.59. The molecule has 0 spiro atoms. The molecule has 0 heterocycles. The van der Waals surface area contributed by atoms with E-state index < -0.39 is 0 Å². The van der Waals surface area contributed by atoms with Crippen LogP contribution in [-0.4, -0.2) is 30.1 Å². The highest BCUT2D eigenvalue weighted by Crippen LogP contribution is 2.01. The van der Waals surface area contributed by atoms with E-state index in [9.17, 15) is 0 Å². The number of thiocarbonyl (C=S) groups is 1. The Hall–Kier alpha value is -1.09. The van der Waals surface area contributed by atoms with Crippen molar-refractivity contribution >= 4 is 17.3 Å². The molecule has 0 unspecified atom stereocenters. The Bertz CT molecular complexity index is 335. The third kappa shape index (κ3) is 5.68. The second kappa shape index (κ2) is 7.28. The lowest BCUT2D eigenvalue weighted by atomic mass is 10.1. The van der Waals surface area contributed by atoms with Crippen LogP contribution >= 0.6 is 12.2 Å². The van der Waals surface area contributed by atoms with Crippen LogP contribution in [0.4, 0.5) is 0 Å². The molecule has 17 heavy (non-hydrogen) atoms. The summed E-state index contributed by atoms with van der Waals surface area (Å²) in [5, 5.41) is 4.12. The standard InChI is InChI=1S/C14H22N2S/c1-12(2)11-15-14(17)16(3)10-9-13-7-5-4-6-8-13/h4-8,12H,9-11H2,1-3H3,(H,15,17). The molecule has 0 saturated heterocycles. The molecule has 0 atom stereocenters. The lowest BCUT2D eigenvalue weighted by Crippen LogP contribution is -2.39. The van der Waals surface area contributed by atoms with Gasteiger partial charge >= 0.3 is 0 Å². The van der Waals surface area contributed by atoms with Crippen LogP contribution in [0.25, 0.3) is 0 Å². The molecule has 1 rings (SSSR count). The molecule has 0 aromatic heterocycles. The van der Waals surface area contributed by atoms with Crippen LogP contribution in [0.3, 0.4) is 0 Å². The van der Waals surface area contributed by atoms with Crippen molar-refractivity contribution in [2.24, 2.45) is 5.92 Å². The Balaban J connectivity index is 2.29. The van der Waals surface area contributed by atoms with Gasteiger partial charge in [-0.1, -0.05) is 44.2 Å². The SMILES string of the molecule is CC(C)CNC(=S)N(C)CCc1ccccc1. The number of nitrogens with zero attached hydrogens (tertiary/aromatic N) is 1. The average molecular weight is 250 g/mol. The van der Waals surface area contributed by atoms with E-state index in [4.69, 9.17) is 12.2 Å². The second-order valence-electron chi connectivity index (χ2n) is 4.74. The minimum absolute atomic E-state index is 0.621. The summed E-state index contributed by atoms with van der Waals surface area (Å²) in [7, 11) is 2.04. The summed E-state index contributed by atoms with van der Waals surface area (Å²) < 4.78 is 0. The maximum Gasteiger partial charge on any atom is 0.168 e. The molecule has 1 aromatic rings. The van der Waals surface area contributed by atoms with Gasteiger partial charge < -0.3 is 10.2 Å². The van der Waals surface area contributed by atoms with Crippen LogP contribution in [0.1, 0.15) is 19.4 Å². The summed E-state index contributed by atoms with van der Waals surface area (Å²) in [5.41, 5.74) is 1.35. The highest BCUT2D eigenvalue weighted by molar-refractivity contribution is 7.80. The molecule has 0 bridgehead atoms. The van der Waals surface area contributed by atoms with Crippen molar-refractivity contribution in [3.63, 3.8) is 0 Å². The molecular weight excluding hydrogens is 228 g/mol. The van der Waals surface area contributed by atoms with Gasteiger partial charge in [-0.2, -0.15) is 0 Å². The monoisotopic (exact) mass is 250 g/mol. The van der Waals surface area contributed by atoms with Crippen molar-refractivity contribution < 1.29 is 0 Å². The first-order chi connectivity index (χ1) is 8.09. The fourth-order valence-corrected chi connectivity index (χ4v) is 1.64. The van der Waals surface area contributed by atoms with E-state index in [1.165, 1.54) is 5.56 Å². The van der Waals surface area contributed by atoms with Gasteiger partial charge in [0.2, 0.25) is 0 Å². The third-order valence-corrected chi connectivity index (χ3v) is 3.04. The van der Waals surface area contributed by atoms with Crippen molar-refractivity contribution in [1.29, 1.82) is 0 Å². The highest BCUT2D eigenvalue weighted by atomic mass is 32.1. The van der Waals surface area contributed by atoms with Crippen molar-refractivity contribution in [3.05, 3.63) is 35.9 Å². The number of hydrogen-bond donors (Lipinski definition) is 1. The summed E-state index contributed by atoms with van der Waals surface area (Å²) in [4.78, 5) is 2.10. The zero-order valence-corrected chi connectivity index (χ0v) is 11.8. The van der Waals surface area contributed by atoms with Gasteiger partial charge in [-0.05, 0) is 30.1 Å². The van der Waals surface area contributed by atoms with Crippen molar-refractivity contribution in [3.8, 4) is 0 Å². The number of hydrogen-bond acceptors (Lipinski definition) is 1. The predicted molar refractivity (Wildman–Crippen MR) is 78.2 cm³/mol. The van der Waals surface area contributed by atoms with Crippen LogP contribution < -0.4 is 5.32 Å². The Morgan fingerprint density at radius 1 is 1.29 bits per heavy atom. The smallest absolute Gasteiger partial charge is 0.168 e. The second-order valence-corrected chi connectivity index (χ2v) is 5.12. The van der Waals surface area contributed by atoms with Crippen LogP contribution in [0, 0.1) is 5.92 Å². The minimum atomic E-state index is 0.621. The van der Waals surface area contributed by atoms with Crippen molar-refractivity contribution in [2.45, 2.75) is 20.3 Å². The molecule has 1 aromatic carbocycles. The van der Waals surface area contributed by atoms with Gasteiger partial charge in [0.05, 0.1) is 0 Å². The molecular formula is C14H22N2S. The maximum atomic E-state index is 5.33. The van der Waals surface area contributed by atoms with Gasteiger partial charge in [-0.25, -0.2) is 0 Å². The minimum Gasteiger partial charge on any atom is -0.362 e. The van der Waals surface area contributed by atoms with E-state index in [1.54, 1.807) is 0 Å². The van der Waals surface area contributed by atoms with E-state index in [-0.39, 0.29) is 0 Å². The number of likely N-dealkylation sites (N-methyl/N-ethyl adjacent to an activating group) is 1. The molecule has 0 fully saturated rings. The lowest BCUT2D eigenvalue weighted by Gasteiger charge is -2.21. The first-order valence-electron chi connectivity index (χ1n) is 6.12. The van der Waals surface area contributed by atoms with Crippen LogP contribution in [-0.2, 0) is 6.42 Å². The molecule has 0 aliphatic heterocycles. The number of nitrogens with one attached hydrogen (secondary N) is 1. The predicted octanol–water partition coefficient (Wildman–Crippen LogP) is 2.69. The largest absolute Gasteiger partial charge is 0.362 e. The fraction of sp³-hybridized carbons (Fsp3) is 0.500. The summed E-state index contributed by atoms with van der Waals surface area (Å²) in [6, 6.07) is 10.5. The van der Waals surface area contributed by atoms with Gasteiger partial charge in [-0.3, -0.25) is 0 Å². The van der Waals surface area contributed by atoms with Crippen LogP contribution in [0.2, 0.25) is 0 Å². The van der Waals surface area contributed by atoms with Gasteiger partial charge in [0.25, 0.3) is 0 Å². The van der Waals surface area contributed by atoms with Crippen molar-refractivity contribution in [1.82, 2.24) is 10.2 Å². The Morgan fingerprint density at radius 2 is 1.94 bits per heavy atom. The Kier molecular flexibility index (Phi) is 5.98. The van der Waals surface area contributed by atoms with Gasteiger partial charge in [0.1, 0.15) is 0 Å². The summed E-state index contributed by atoms with van der Waals surface area (Å²) in [6.45, 7) is 6.25. The molecule has 0 aliphatic rings. The Labute approximate surface area is 110 Å². The normalized spacial score (nSPS) is 10.4. The van der Waals surface area contributed by atoms with E-state index in [1.807, 2.05) is 13.1 Å². The molecule has 0 aliphatic carbocycles. The summed E-state index contributed by atoms with van der Waals surface area (Å²) >= 11 is 5.33. The van der Waals surface area contributed by atoms with E-state index in [0.29, 0.717) is 5.92 Å². The van der Waals surface area contributed by atoms with E-state index in [0.717, 1.165) is 24.6 Å². The van der Waals surface area contributed by atoms with E-state index >= 15 is 0 Å². The van der Waals surface area contributed by atoms with Crippen LogP contribution in [0.15, 0.2) is 30.3 Å². The average Bonchev–Trinajstić information content (AvgIpc) is 2.34. The molecule has 0 radical (unpaired) electrons. The first kappa shape index (κ1) is 14.0. The molecule has 1 N–H and O–H groups in total. The topological polar surface area (TPSA) is 15.3 Å². The van der Waals surface area contributed by atoms with Gasteiger partial charge in [0, 0.05) is 20.1 Å². The molecule has 94 valence electrons.